The highest BCUT2D eigenvalue weighted by Crippen LogP contribution is 2.32. The molecule has 1 amide bonds. The fourth-order valence-corrected chi connectivity index (χ4v) is 4.90. The third kappa shape index (κ3) is 5.74. The Morgan fingerprint density at radius 3 is 2.61 bits per heavy atom. The van der Waals surface area contributed by atoms with Crippen LogP contribution < -0.4 is 15.0 Å². The number of nitrogens with one attached hydrogen (secondary N) is 1. The Hall–Kier alpha value is -3.70. The average molecular weight is 480 g/mol. The van der Waals surface area contributed by atoms with Crippen molar-refractivity contribution in [2.75, 3.05) is 24.6 Å². The smallest absolute Gasteiger partial charge is 0.264 e. The molecule has 5 heteroatoms. The average Bonchev–Trinajstić information content (AvgIpc) is 2.92. The first-order valence-corrected chi connectivity index (χ1v) is 12.9. The minimum absolute atomic E-state index is 0.0169. The summed E-state index contributed by atoms with van der Waals surface area (Å²) in [4.78, 5) is 19.9. The first-order chi connectivity index (χ1) is 17.8. The van der Waals surface area contributed by atoms with Crippen molar-refractivity contribution in [3.63, 3.8) is 0 Å². The molecule has 0 radical (unpaired) electrons. The van der Waals surface area contributed by atoms with Gasteiger partial charge in [0.25, 0.3) is 5.91 Å². The summed E-state index contributed by atoms with van der Waals surface area (Å²) in [6, 6.07) is 24.3. The largest absolute Gasteiger partial charge is 0.484 e. The van der Waals surface area contributed by atoms with Crippen molar-refractivity contribution in [1.29, 1.82) is 0 Å². The summed E-state index contributed by atoms with van der Waals surface area (Å²) in [5.41, 5.74) is 4.29. The van der Waals surface area contributed by atoms with Gasteiger partial charge in [-0.1, -0.05) is 67.8 Å². The van der Waals surface area contributed by atoms with Crippen LogP contribution in [0.5, 0.6) is 5.75 Å². The molecular formula is C31H33N3O2. The van der Waals surface area contributed by atoms with Crippen molar-refractivity contribution in [2.24, 2.45) is 0 Å². The first-order valence-electron chi connectivity index (χ1n) is 12.9. The fraction of sp³-hybridized carbons (Fsp3) is 0.290. The van der Waals surface area contributed by atoms with E-state index in [1.807, 2.05) is 53.7 Å². The molecule has 0 bridgehead atoms. The third-order valence-corrected chi connectivity index (χ3v) is 6.81. The highest BCUT2D eigenvalue weighted by Gasteiger charge is 2.20. The lowest BCUT2D eigenvalue weighted by atomic mass is 9.97. The molecule has 1 aromatic heterocycles. The van der Waals surface area contributed by atoms with E-state index in [-0.39, 0.29) is 12.5 Å². The van der Waals surface area contributed by atoms with E-state index in [4.69, 9.17) is 4.74 Å². The number of carbonyl (C=O) groups excluding carboxylic acids is 1. The number of para-hydroxylation sites is 1. The number of anilines is 1. The number of hydrogen-bond acceptors (Lipinski definition) is 4. The molecule has 36 heavy (non-hydrogen) atoms. The van der Waals surface area contributed by atoms with Crippen LogP contribution in [0.25, 0.3) is 21.9 Å². The zero-order valence-electron chi connectivity index (χ0n) is 20.7. The SMILES string of the molecule is O=C(COc1ccccc1)N1CCCCCCCNCc2cc(-c3cncc4ccccc34)ccc21. The summed E-state index contributed by atoms with van der Waals surface area (Å²) in [7, 11) is 0. The van der Waals surface area contributed by atoms with E-state index in [9.17, 15) is 4.79 Å². The molecule has 0 fully saturated rings. The van der Waals surface area contributed by atoms with Crippen molar-refractivity contribution >= 4 is 22.4 Å². The highest BCUT2D eigenvalue weighted by molar-refractivity contribution is 5.98. The number of rotatable bonds is 4. The van der Waals surface area contributed by atoms with E-state index in [0.29, 0.717) is 18.8 Å². The Kier molecular flexibility index (Phi) is 7.89. The van der Waals surface area contributed by atoms with Gasteiger partial charge in [-0.2, -0.15) is 0 Å². The second kappa shape index (κ2) is 11.8. The molecule has 0 spiro atoms. The number of pyridine rings is 1. The monoisotopic (exact) mass is 479 g/mol. The third-order valence-electron chi connectivity index (χ3n) is 6.81. The zero-order chi connectivity index (χ0) is 24.6. The standard InChI is InChI=1S/C31H33N3O2/c35-31(23-36-27-12-5-4-6-13-27)34-18-10-3-1-2-9-17-32-21-26-19-24(15-16-30(26)34)29-22-33-20-25-11-7-8-14-28(25)29/h4-8,11-16,19-20,22,32H,1-3,9-10,17-18,21,23H2. The van der Waals surface area contributed by atoms with Crippen LogP contribution in [-0.4, -0.2) is 30.6 Å². The fourth-order valence-electron chi connectivity index (χ4n) is 4.90. The quantitative estimate of drug-likeness (QED) is 0.370. The van der Waals surface area contributed by atoms with E-state index in [1.54, 1.807) is 0 Å². The van der Waals surface area contributed by atoms with Gasteiger partial charge in [0.05, 0.1) is 0 Å². The number of benzene rings is 3. The number of hydrogen-bond donors (Lipinski definition) is 1. The summed E-state index contributed by atoms with van der Waals surface area (Å²) < 4.78 is 5.83. The number of amides is 1. The van der Waals surface area contributed by atoms with Gasteiger partial charge < -0.3 is 15.0 Å². The Balaban J connectivity index is 1.48. The summed E-state index contributed by atoms with van der Waals surface area (Å²) in [6.45, 7) is 2.40. The maximum atomic E-state index is 13.5. The molecule has 1 N–H and O–H groups in total. The number of carbonyl (C=O) groups is 1. The van der Waals surface area contributed by atoms with Crippen LogP contribution in [0.2, 0.25) is 0 Å². The molecule has 5 nitrogen and oxygen atoms in total. The molecule has 4 aromatic rings. The zero-order valence-corrected chi connectivity index (χ0v) is 20.7. The lowest BCUT2D eigenvalue weighted by Gasteiger charge is -2.27. The van der Waals surface area contributed by atoms with Crippen LogP contribution in [0, 0.1) is 0 Å². The normalized spacial score (nSPS) is 14.9. The maximum absolute atomic E-state index is 13.5. The van der Waals surface area contributed by atoms with Gasteiger partial charge in [0.15, 0.2) is 6.61 Å². The minimum Gasteiger partial charge on any atom is -0.484 e. The van der Waals surface area contributed by atoms with Crippen molar-refractivity contribution in [3.05, 3.63) is 90.8 Å². The lowest BCUT2D eigenvalue weighted by Crippen LogP contribution is -2.37. The van der Waals surface area contributed by atoms with Gasteiger partial charge in [0.2, 0.25) is 0 Å². The van der Waals surface area contributed by atoms with E-state index < -0.39 is 0 Å². The van der Waals surface area contributed by atoms with Crippen molar-refractivity contribution < 1.29 is 9.53 Å². The second-order valence-corrected chi connectivity index (χ2v) is 9.34. The van der Waals surface area contributed by atoms with E-state index in [1.165, 1.54) is 24.6 Å². The lowest BCUT2D eigenvalue weighted by molar-refractivity contribution is -0.120. The maximum Gasteiger partial charge on any atom is 0.264 e. The number of nitrogens with zero attached hydrogens (tertiary/aromatic N) is 2. The van der Waals surface area contributed by atoms with Crippen LogP contribution in [0.4, 0.5) is 5.69 Å². The molecule has 0 atom stereocenters. The van der Waals surface area contributed by atoms with E-state index >= 15 is 0 Å². The Morgan fingerprint density at radius 2 is 1.69 bits per heavy atom. The molecule has 2 heterocycles. The van der Waals surface area contributed by atoms with Crippen molar-refractivity contribution in [1.82, 2.24) is 10.3 Å². The first kappa shape index (κ1) is 24.0. The van der Waals surface area contributed by atoms with Gasteiger partial charge >= 0.3 is 0 Å². The minimum atomic E-state index is -0.0169. The van der Waals surface area contributed by atoms with Gasteiger partial charge in [-0.25, -0.2) is 0 Å². The number of fused-ring (bicyclic) bond motifs is 2. The molecule has 0 saturated heterocycles. The molecule has 5 rings (SSSR count). The van der Waals surface area contributed by atoms with Crippen molar-refractivity contribution in [2.45, 2.75) is 38.6 Å². The van der Waals surface area contributed by atoms with Crippen LogP contribution in [0.1, 0.15) is 37.7 Å². The summed E-state index contributed by atoms with van der Waals surface area (Å²) in [5.74, 6) is 0.692. The highest BCUT2D eigenvalue weighted by atomic mass is 16.5. The number of aromatic nitrogens is 1. The van der Waals surface area contributed by atoms with Gasteiger partial charge in [-0.05, 0) is 60.2 Å². The molecular weight excluding hydrogens is 446 g/mol. The van der Waals surface area contributed by atoms with Crippen LogP contribution in [0.3, 0.4) is 0 Å². The van der Waals surface area contributed by atoms with Crippen LogP contribution in [0.15, 0.2) is 85.2 Å². The summed E-state index contributed by atoms with van der Waals surface area (Å²) in [6.07, 6.45) is 9.54. The Labute approximate surface area is 213 Å². The van der Waals surface area contributed by atoms with E-state index in [2.05, 4.69) is 46.7 Å². The molecule has 0 saturated carbocycles. The Morgan fingerprint density at radius 1 is 0.889 bits per heavy atom. The van der Waals surface area contributed by atoms with Crippen molar-refractivity contribution in [3.8, 4) is 16.9 Å². The predicted molar refractivity (Wildman–Crippen MR) is 146 cm³/mol. The Bertz CT molecular complexity index is 1300. The molecule has 0 aliphatic carbocycles. The number of ether oxygens (including phenoxy) is 1. The van der Waals surface area contributed by atoms with E-state index in [0.717, 1.165) is 47.2 Å². The van der Waals surface area contributed by atoms with Crippen LogP contribution in [-0.2, 0) is 11.3 Å². The van der Waals surface area contributed by atoms with Gasteiger partial charge in [-0.15, -0.1) is 0 Å². The summed E-state index contributed by atoms with van der Waals surface area (Å²) in [5, 5.41) is 5.91. The molecule has 184 valence electrons. The predicted octanol–water partition coefficient (Wildman–Crippen LogP) is 6.37. The van der Waals surface area contributed by atoms with Crippen LogP contribution >= 0.6 is 0 Å². The second-order valence-electron chi connectivity index (χ2n) is 9.34. The van der Waals surface area contributed by atoms with Gasteiger partial charge in [0.1, 0.15) is 5.75 Å². The molecule has 3 aromatic carbocycles. The molecule has 0 unspecified atom stereocenters. The van der Waals surface area contributed by atoms with Gasteiger partial charge in [-0.3, -0.25) is 9.78 Å². The topological polar surface area (TPSA) is 54.5 Å². The van der Waals surface area contributed by atoms with Gasteiger partial charge in [0, 0.05) is 42.1 Å². The molecule has 1 aliphatic heterocycles. The summed E-state index contributed by atoms with van der Waals surface area (Å²) >= 11 is 0. The molecule has 1 aliphatic rings.